The maximum Gasteiger partial charge on any atom is 0.432 e. The van der Waals surface area contributed by atoms with Crippen LogP contribution < -0.4 is 10.3 Å². The summed E-state index contributed by atoms with van der Waals surface area (Å²) in [6.45, 7) is 0.151. The number of ether oxygens (including phenoxy) is 1. The van der Waals surface area contributed by atoms with Crippen LogP contribution in [0.5, 0.6) is 5.88 Å². The summed E-state index contributed by atoms with van der Waals surface area (Å²) in [5, 5.41) is 0. The van der Waals surface area contributed by atoms with E-state index in [-0.39, 0.29) is 23.8 Å². The number of hydrogen-bond donors (Lipinski definition) is 1. The van der Waals surface area contributed by atoms with Crippen molar-refractivity contribution in [3.8, 4) is 28.7 Å². The Morgan fingerprint density at radius 1 is 1.03 bits per heavy atom. The molecular formula is C25H19F3N8O2. The van der Waals surface area contributed by atoms with Gasteiger partial charge in [-0.25, -0.2) is 29.9 Å². The molecule has 4 heterocycles. The Hall–Kier alpha value is -4.68. The number of imidazole rings is 1. The second-order valence-electron chi connectivity index (χ2n) is 8.84. The minimum absolute atomic E-state index is 0.0956. The Morgan fingerprint density at radius 2 is 1.82 bits per heavy atom. The standard InChI is InChI=1S/C25H19F3N8O2/c1-38-24-19(20(14-6-7-14)32-12-33-24)22-30-8-16-23(35-22)36(18(37)10-29-16)11-13-2-4-15(5-3-13)21-31-9-17(34-21)25(26,27)28/h2-5,8-10,12,14H,6-7,11H2,1H3,(H,31,34). The normalized spacial score (nSPS) is 13.7. The predicted molar refractivity (Wildman–Crippen MR) is 129 cm³/mol. The van der Waals surface area contributed by atoms with Crippen LogP contribution in [-0.4, -0.2) is 46.6 Å². The molecule has 13 heteroatoms. The number of nitrogens with one attached hydrogen (secondary N) is 1. The molecule has 1 fully saturated rings. The van der Waals surface area contributed by atoms with Crippen molar-refractivity contribution in [1.82, 2.24) is 39.5 Å². The number of alkyl halides is 3. The largest absolute Gasteiger partial charge is 0.480 e. The van der Waals surface area contributed by atoms with E-state index in [2.05, 4.69) is 34.9 Å². The lowest BCUT2D eigenvalue weighted by Crippen LogP contribution is -2.22. The van der Waals surface area contributed by atoms with Crippen LogP contribution in [0.25, 0.3) is 33.9 Å². The van der Waals surface area contributed by atoms with Crippen molar-refractivity contribution in [3.63, 3.8) is 0 Å². The molecule has 0 bridgehead atoms. The van der Waals surface area contributed by atoms with Gasteiger partial charge in [-0.3, -0.25) is 9.36 Å². The van der Waals surface area contributed by atoms with E-state index in [4.69, 9.17) is 4.74 Å². The molecule has 0 aliphatic heterocycles. The van der Waals surface area contributed by atoms with Gasteiger partial charge in [0, 0.05) is 11.5 Å². The molecule has 0 radical (unpaired) electrons. The first-order valence-electron chi connectivity index (χ1n) is 11.6. The SMILES string of the molecule is COc1ncnc(C2CC2)c1-c1ncc2ncc(=O)n(Cc3ccc(-c4ncc(C(F)(F)F)[nH]4)cc3)c2n1. The average Bonchev–Trinajstić information content (AvgIpc) is 3.64. The van der Waals surface area contributed by atoms with Crippen LogP contribution >= 0.6 is 0 Å². The van der Waals surface area contributed by atoms with Crippen LogP contribution in [0, 0.1) is 0 Å². The second kappa shape index (κ2) is 9.01. The Balaban J connectivity index is 1.37. The van der Waals surface area contributed by atoms with E-state index in [1.54, 1.807) is 24.3 Å². The fourth-order valence-corrected chi connectivity index (χ4v) is 4.20. The fourth-order valence-electron chi connectivity index (χ4n) is 4.20. The zero-order chi connectivity index (χ0) is 26.4. The molecule has 1 aliphatic carbocycles. The van der Waals surface area contributed by atoms with Gasteiger partial charge < -0.3 is 9.72 Å². The third-order valence-electron chi connectivity index (χ3n) is 6.26. The average molecular weight is 520 g/mol. The molecule has 192 valence electrons. The Bertz CT molecular complexity index is 1710. The van der Waals surface area contributed by atoms with Crippen molar-refractivity contribution in [3.05, 3.63) is 76.5 Å². The monoisotopic (exact) mass is 520 g/mol. The van der Waals surface area contributed by atoms with Gasteiger partial charge in [0.25, 0.3) is 5.56 Å². The third-order valence-corrected chi connectivity index (χ3v) is 6.26. The number of aromatic amines is 1. The van der Waals surface area contributed by atoms with Gasteiger partial charge in [-0.1, -0.05) is 24.3 Å². The molecule has 38 heavy (non-hydrogen) atoms. The lowest BCUT2D eigenvalue weighted by atomic mass is 10.1. The predicted octanol–water partition coefficient (Wildman–Crippen LogP) is 3.99. The highest BCUT2D eigenvalue weighted by Gasteiger charge is 2.33. The van der Waals surface area contributed by atoms with E-state index < -0.39 is 11.9 Å². The third kappa shape index (κ3) is 4.35. The molecule has 0 spiro atoms. The summed E-state index contributed by atoms with van der Waals surface area (Å²) in [7, 11) is 1.51. The van der Waals surface area contributed by atoms with Crippen molar-refractivity contribution in [1.29, 1.82) is 0 Å². The summed E-state index contributed by atoms with van der Waals surface area (Å²) < 4.78 is 45.6. The van der Waals surface area contributed by atoms with Gasteiger partial charge in [-0.15, -0.1) is 0 Å². The van der Waals surface area contributed by atoms with Crippen molar-refractivity contribution >= 4 is 11.2 Å². The van der Waals surface area contributed by atoms with E-state index in [1.807, 2.05) is 0 Å². The van der Waals surface area contributed by atoms with Crippen molar-refractivity contribution in [2.45, 2.75) is 31.5 Å². The molecule has 0 saturated heterocycles. The van der Waals surface area contributed by atoms with Crippen LogP contribution in [0.2, 0.25) is 0 Å². The minimum Gasteiger partial charge on any atom is -0.480 e. The Morgan fingerprint density at radius 3 is 2.50 bits per heavy atom. The second-order valence-corrected chi connectivity index (χ2v) is 8.84. The molecule has 1 N–H and O–H groups in total. The number of rotatable bonds is 6. The van der Waals surface area contributed by atoms with Crippen LogP contribution in [-0.2, 0) is 12.7 Å². The first-order chi connectivity index (χ1) is 18.3. The molecule has 1 aromatic carbocycles. The van der Waals surface area contributed by atoms with E-state index >= 15 is 0 Å². The molecule has 0 unspecified atom stereocenters. The molecule has 0 amide bonds. The van der Waals surface area contributed by atoms with Crippen LogP contribution in [0.4, 0.5) is 13.2 Å². The van der Waals surface area contributed by atoms with Crippen molar-refractivity contribution in [2.75, 3.05) is 7.11 Å². The zero-order valence-corrected chi connectivity index (χ0v) is 19.9. The number of nitrogens with zero attached hydrogens (tertiary/aromatic N) is 7. The smallest absolute Gasteiger partial charge is 0.432 e. The summed E-state index contributed by atoms with van der Waals surface area (Å²) in [6, 6.07) is 6.70. The van der Waals surface area contributed by atoms with Crippen LogP contribution in [0.15, 0.2) is 54.0 Å². The summed E-state index contributed by atoms with van der Waals surface area (Å²) in [5.41, 5.74) is 2.04. The molecule has 6 rings (SSSR count). The summed E-state index contributed by atoms with van der Waals surface area (Å²) in [5.74, 6) is 1.04. The van der Waals surface area contributed by atoms with Gasteiger partial charge in [0.2, 0.25) is 5.88 Å². The van der Waals surface area contributed by atoms with E-state index in [0.717, 1.165) is 30.3 Å². The molecule has 5 aromatic rings. The summed E-state index contributed by atoms with van der Waals surface area (Å²) in [4.78, 5) is 40.9. The maximum absolute atomic E-state index is 12.9. The van der Waals surface area contributed by atoms with Gasteiger partial charge >= 0.3 is 6.18 Å². The van der Waals surface area contributed by atoms with Gasteiger partial charge in [0.15, 0.2) is 11.5 Å². The number of H-pyrrole nitrogens is 1. The number of aromatic nitrogens is 8. The van der Waals surface area contributed by atoms with Crippen LogP contribution in [0.3, 0.4) is 0 Å². The van der Waals surface area contributed by atoms with Crippen molar-refractivity contribution in [2.24, 2.45) is 0 Å². The lowest BCUT2D eigenvalue weighted by molar-refractivity contribution is -0.140. The van der Waals surface area contributed by atoms with Crippen molar-refractivity contribution < 1.29 is 17.9 Å². The zero-order valence-electron chi connectivity index (χ0n) is 19.9. The van der Waals surface area contributed by atoms with Gasteiger partial charge in [-0.2, -0.15) is 13.2 Å². The van der Waals surface area contributed by atoms with Gasteiger partial charge in [0.1, 0.15) is 28.9 Å². The Kier molecular flexibility index (Phi) is 5.62. The van der Waals surface area contributed by atoms with Gasteiger partial charge in [-0.05, 0) is 18.4 Å². The molecule has 10 nitrogen and oxygen atoms in total. The minimum atomic E-state index is -4.51. The number of hydrogen-bond acceptors (Lipinski definition) is 8. The highest BCUT2D eigenvalue weighted by Crippen LogP contribution is 2.44. The molecular weight excluding hydrogens is 501 g/mol. The van der Waals surface area contributed by atoms with E-state index in [0.29, 0.717) is 34.0 Å². The number of benzene rings is 1. The first kappa shape index (κ1) is 23.7. The molecule has 1 aliphatic rings. The number of fused-ring (bicyclic) bond motifs is 1. The first-order valence-corrected chi connectivity index (χ1v) is 11.6. The summed E-state index contributed by atoms with van der Waals surface area (Å²) in [6.07, 6.45) is 2.43. The summed E-state index contributed by atoms with van der Waals surface area (Å²) >= 11 is 0. The quantitative estimate of drug-likeness (QED) is 0.357. The van der Waals surface area contributed by atoms with Crippen LogP contribution in [0.1, 0.15) is 35.7 Å². The Labute approximate surface area is 212 Å². The maximum atomic E-state index is 12.9. The fraction of sp³-hybridized carbons (Fsp3) is 0.240. The number of methoxy groups -OCH3 is 1. The molecule has 4 aromatic heterocycles. The highest BCUT2D eigenvalue weighted by molar-refractivity contribution is 5.74. The topological polar surface area (TPSA) is 124 Å². The molecule has 1 saturated carbocycles. The highest BCUT2D eigenvalue weighted by atomic mass is 19.4. The molecule has 0 atom stereocenters. The van der Waals surface area contributed by atoms with E-state index in [1.165, 1.54) is 30.4 Å². The lowest BCUT2D eigenvalue weighted by Gasteiger charge is -2.13. The number of halogens is 3. The van der Waals surface area contributed by atoms with Gasteiger partial charge in [0.05, 0.1) is 37.9 Å². The van der Waals surface area contributed by atoms with E-state index in [9.17, 15) is 18.0 Å².